The van der Waals surface area contributed by atoms with Crippen LogP contribution in [0.15, 0.2) is 59.6 Å². The topological polar surface area (TPSA) is 93.1 Å². The highest BCUT2D eigenvalue weighted by atomic mass is 35.5. The molecule has 0 aliphatic rings. The maximum atomic E-state index is 13.7. The normalized spacial score (nSPS) is 12.0. The predicted octanol–water partition coefficient (Wildman–Crippen LogP) is 3.38. The van der Waals surface area contributed by atoms with Gasteiger partial charge in [0.2, 0.25) is 10.0 Å². The number of benzene rings is 2. The van der Waals surface area contributed by atoms with Crippen LogP contribution in [0.4, 0.5) is 13.2 Å². The van der Waals surface area contributed by atoms with Crippen molar-refractivity contribution in [2.24, 2.45) is 0 Å². The van der Waals surface area contributed by atoms with E-state index in [-0.39, 0.29) is 22.2 Å². The summed E-state index contributed by atoms with van der Waals surface area (Å²) in [4.78, 5) is 12.5. The molecule has 2 aromatic carbocycles. The van der Waals surface area contributed by atoms with Crippen LogP contribution >= 0.6 is 11.6 Å². The Bertz CT molecular complexity index is 1230. The first-order valence-electron chi connectivity index (χ1n) is 8.75. The van der Waals surface area contributed by atoms with Crippen LogP contribution in [-0.2, 0) is 22.7 Å². The van der Waals surface area contributed by atoms with Crippen molar-refractivity contribution in [1.82, 2.24) is 19.8 Å². The SMILES string of the molecule is CNS(=O)(=O)c1cccc(CNC(=O)c2cnn(-c3cccc(Cl)c3)c2C(F)(F)F)c1. The van der Waals surface area contributed by atoms with Crippen LogP contribution < -0.4 is 10.0 Å². The molecule has 31 heavy (non-hydrogen) atoms. The second-order valence-corrected chi connectivity index (χ2v) is 8.66. The van der Waals surface area contributed by atoms with Gasteiger partial charge in [0.25, 0.3) is 5.91 Å². The zero-order valence-electron chi connectivity index (χ0n) is 15.9. The minimum atomic E-state index is -4.87. The van der Waals surface area contributed by atoms with Gasteiger partial charge in [-0.15, -0.1) is 0 Å². The first-order chi connectivity index (χ1) is 14.5. The van der Waals surface area contributed by atoms with Crippen molar-refractivity contribution in [3.63, 3.8) is 0 Å². The van der Waals surface area contributed by atoms with Gasteiger partial charge in [-0.3, -0.25) is 4.79 Å². The summed E-state index contributed by atoms with van der Waals surface area (Å²) in [7, 11) is -2.45. The summed E-state index contributed by atoms with van der Waals surface area (Å²) in [5.41, 5.74) is -1.49. The number of aromatic nitrogens is 2. The molecule has 0 bridgehead atoms. The van der Waals surface area contributed by atoms with Gasteiger partial charge in [-0.2, -0.15) is 18.3 Å². The third kappa shape index (κ3) is 5.06. The molecule has 7 nitrogen and oxygen atoms in total. The third-order valence-electron chi connectivity index (χ3n) is 4.27. The largest absolute Gasteiger partial charge is 0.434 e. The van der Waals surface area contributed by atoms with E-state index in [4.69, 9.17) is 11.6 Å². The van der Waals surface area contributed by atoms with E-state index in [1.165, 1.54) is 55.6 Å². The Morgan fingerprint density at radius 1 is 1.16 bits per heavy atom. The number of rotatable bonds is 6. The lowest BCUT2D eigenvalue weighted by Crippen LogP contribution is -2.26. The van der Waals surface area contributed by atoms with Crippen LogP contribution in [0.2, 0.25) is 5.02 Å². The molecule has 1 amide bonds. The van der Waals surface area contributed by atoms with E-state index in [9.17, 15) is 26.4 Å². The molecule has 1 aromatic heterocycles. The van der Waals surface area contributed by atoms with Gasteiger partial charge in [-0.05, 0) is 42.9 Å². The highest BCUT2D eigenvalue weighted by Gasteiger charge is 2.40. The zero-order valence-corrected chi connectivity index (χ0v) is 17.5. The number of carbonyl (C=O) groups is 1. The quantitative estimate of drug-likeness (QED) is 0.575. The molecule has 0 saturated carbocycles. The first-order valence-corrected chi connectivity index (χ1v) is 10.6. The molecule has 3 rings (SSSR count). The Morgan fingerprint density at radius 2 is 1.87 bits per heavy atom. The van der Waals surface area contributed by atoms with Gasteiger partial charge in [0, 0.05) is 11.6 Å². The standard InChI is InChI=1S/C19H16ClF3N4O3S/c1-24-31(29,30)15-7-2-4-12(8-15)10-25-18(28)16-11-26-27(17(16)19(21,22)23)14-6-3-5-13(20)9-14/h2-9,11,24H,10H2,1H3,(H,25,28). The maximum absolute atomic E-state index is 13.7. The highest BCUT2D eigenvalue weighted by molar-refractivity contribution is 7.89. The third-order valence-corrected chi connectivity index (χ3v) is 5.91. The summed E-state index contributed by atoms with van der Waals surface area (Å²) < 4.78 is 67.7. The number of nitrogens with one attached hydrogen (secondary N) is 2. The van der Waals surface area contributed by atoms with Crippen LogP contribution in [-0.4, -0.2) is 31.2 Å². The second kappa shape index (κ2) is 8.69. The fraction of sp³-hybridized carbons (Fsp3) is 0.158. The summed E-state index contributed by atoms with van der Waals surface area (Å²) in [6.07, 6.45) is -4.05. The van der Waals surface area contributed by atoms with Gasteiger partial charge >= 0.3 is 6.18 Å². The molecule has 164 valence electrons. The molecule has 0 saturated heterocycles. The molecular formula is C19H16ClF3N4O3S. The van der Waals surface area contributed by atoms with E-state index in [0.717, 1.165) is 6.20 Å². The van der Waals surface area contributed by atoms with Crippen molar-refractivity contribution in [3.8, 4) is 5.69 Å². The smallest absolute Gasteiger partial charge is 0.348 e. The molecule has 1 heterocycles. The minimum absolute atomic E-state index is 0.0356. The lowest BCUT2D eigenvalue weighted by Gasteiger charge is -2.13. The Labute approximate surface area is 180 Å². The molecule has 12 heteroatoms. The minimum Gasteiger partial charge on any atom is -0.348 e. The van der Waals surface area contributed by atoms with Crippen molar-refractivity contribution in [1.29, 1.82) is 0 Å². The van der Waals surface area contributed by atoms with Crippen LogP contribution in [0.1, 0.15) is 21.6 Å². The molecule has 2 N–H and O–H groups in total. The Hall–Kier alpha value is -2.89. The average molecular weight is 473 g/mol. The second-order valence-electron chi connectivity index (χ2n) is 6.33. The van der Waals surface area contributed by atoms with Crippen molar-refractivity contribution >= 4 is 27.5 Å². The number of carbonyl (C=O) groups excluding carboxylic acids is 1. The van der Waals surface area contributed by atoms with Crippen LogP contribution in [0.5, 0.6) is 0 Å². The van der Waals surface area contributed by atoms with Gasteiger partial charge in [0.05, 0.1) is 22.3 Å². The van der Waals surface area contributed by atoms with Crippen molar-refractivity contribution < 1.29 is 26.4 Å². The molecule has 0 aliphatic heterocycles. The molecule has 0 unspecified atom stereocenters. The lowest BCUT2D eigenvalue weighted by atomic mass is 10.2. The van der Waals surface area contributed by atoms with Crippen molar-refractivity contribution in [2.75, 3.05) is 7.05 Å². The average Bonchev–Trinajstić information content (AvgIpc) is 3.18. The number of halogens is 4. The van der Waals surface area contributed by atoms with E-state index < -0.39 is 33.4 Å². The van der Waals surface area contributed by atoms with Gasteiger partial charge in [-0.1, -0.05) is 29.8 Å². The highest BCUT2D eigenvalue weighted by Crippen LogP contribution is 2.34. The molecule has 0 fully saturated rings. The molecule has 0 radical (unpaired) electrons. The summed E-state index contributed by atoms with van der Waals surface area (Å²) >= 11 is 5.85. The van der Waals surface area contributed by atoms with Gasteiger partial charge in [0.1, 0.15) is 0 Å². The Balaban J connectivity index is 1.89. The van der Waals surface area contributed by atoms with E-state index in [1.54, 1.807) is 0 Å². The summed E-state index contributed by atoms with van der Waals surface area (Å²) in [6.45, 7) is -0.189. The van der Waals surface area contributed by atoms with Gasteiger partial charge in [0.15, 0.2) is 5.69 Å². The van der Waals surface area contributed by atoms with Crippen LogP contribution in [0.25, 0.3) is 5.69 Å². The summed E-state index contributed by atoms with van der Waals surface area (Å²) in [5.74, 6) is -1.01. The fourth-order valence-corrected chi connectivity index (χ4v) is 3.79. The number of hydrogen-bond donors (Lipinski definition) is 2. The van der Waals surface area contributed by atoms with Crippen LogP contribution in [0, 0.1) is 0 Å². The maximum Gasteiger partial charge on any atom is 0.434 e. The molecular weight excluding hydrogens is 457 g/mol. The number of alkyl halides is 3. The monoisotopic (exact) mass is 472 g/mol. The van der Waals surface area contributed by atoms with Crippen molar-refractivity contribution in [2.45, 2.75) is 17.6 Å². The first kappa shape index (κ1) is 22.8. The predicted molar refractivity (Wildman–Crippen MR) is 107 cm³/mol. The number of nitrogens with zero attached hydrogens (tertiary/aromatic N) is 2. The molecule has 0 aliphatic carbocycles. The molecule has 0 atom stereocenters. The van der Waals surface area contributed by atoms with Gasteiger partial charge < -0.3 is 5.32 Å². The lowest BCUT2D eigenvalue weighted by molar-refractivity contribution is -0.143. The zero-order chi connectivity index (χ0) is 22.8. The Morgan fingerprint density at radius 3 is 2.52 bits per heavy atom. The summed E-state index contributed by atoms with van der Waals surface area (Å²) in [5, 5.41) is 6.30. The number of amides is 1. The van der Waals surface area contributed by atoms with Crippen LogP contribution in [0.3, 0.4) is 0 Å². The molecule has 0 spiro atoms. The summed E-state index contributed by atoms with van der Waals surface area (Å²) in [6, 6.07) is 11.3. The Kier molecular flexibility index (Phi) is 6.39. The van der Waals surface area contributed by atoms with E-state index in [0.29, 0.717) is 10.2 Å². The van der Waals surface area contributed by atoms with Crippen molar-refractivity contribution in [3.05, 3.63) is 76.6 Å². The number of sulfonamides is 1. The van der Waals surface area contributed by atoms with E-state index in [2.05, 4.69) is 15.1 Å². The fourth-order valence-electron chi connectivity index (χ4n) is 2.81. The molecule has 3 aromatic rings. The number of hydrogen-bond acceptors (Lipinski definition) is 4. The van der Waals surface area contributed by atoms with E-state index in [1.807, 2.05) is 0 Å². The van der Waals surface area contributed by atoms with E-state index >= 15 is 0 Å². The van der Waals surface area contributed by atoms with Gasteiger partial charge in [-0.25, -0.2) is 17.8 Å².